The van der Waals surface area contributed by atoms with E-state index in [0.717, 1.165) is 29.7 Å². The van der Waals surface area contributed by atoms with Gasteiger partial charge in [0.1, 0.15) is 11.6 Å². The van der Waals surface area contributed by atoms with E-state index >= 15 is 0 Å². The van der Waals surface area contributed by atoms with E-state index in [0.29, 0.717) is 6.54 Å². The van der Waals surface area contributed by atoms with E-state index in [9.17, 15) is 9.18 Å². The Balaban J connectivity index is 1.56. The number of aromatic nitrogens is 2. The second-order valence-electron chi connectivity index (χ2n) is 5.42. The third-order valence-electron chi connectivity index (χ3n) is 3.86. The number of halogens is 1. The number of carbonyl (C=O) groups is 1. The van der Waals surface area contributed by atoms with Crippen molar-refractivity contribution >= 4 is 16.9 Å². The van der Waals surface area contributed by atoms with Crippen LogP contribution in [0.25, 0.3) is 11.0 Å². The molecule has 0 aliphatic rings. The van der Waals surface area contributed by atoms with E-state index in [1.807, 2.05) is 31.3 Å². The molecule has 0 saturated heterocycles. The van der Waals surface area contributed by atoms with Crippen LogP contribution in [0.4, 0.5) is 4.39 Å². The molecule has 4 nitrogen and oxygen atoms in total. The standard InChI is InChI=1S/C18H18FN3O/c1-22-16-10-5-4-9-15(16)21-17(22)11-6-12-20-18(23)13-7-2-3-8-14(13)19/h2-5,7-10H,6,11-12H2,1H3,(H,20,23). The Morgan fingerprint density at radius 3 is 2.70 bits per heavy atom. The van der Waals surface area contributed by atoms with E-state index in [1.54, 1.807) is 12.1 Å². The van der Waals surface area contributed by atoms with Crippen LogP contribution in [0.2, 0.25) is 0 Å². The molecule has 2 aromatic carbocycles. The maximum Gasteiger partial charge on any atom is 0.254 e. The van der Waals surface area contributed by atoms with Crippen LogP contribution in [0, 0.1) is 5.82 Å². The Morgan fingerprint density at radius 2 is 1.91 bits per heavy atom. The molecular formula is C18H18FN3O. The van der Waals surface area contributed by atoms with E-state index in [1.165, 1.54) is 12.1 Å². The lowest BCUT2D eigenvalue weighted by Gasteiger charge is -2.06. The fourth-order valence-corrected chi connectivity index (χ4v) is 2.61. The first-order chi connectivity index (χ1) is 11.2. The van der Waals surface area contributed by atoms with Crippen molar-refractivity contribution in [2.75, 3.05) is 6.54 Å². The van der Waals surface area contributed by atoms with Gasteiger partial charge in [-0.2, -0.15) is 0 Å². The number of hydrogen-bond acceptors (Lipinski definition) is 2. The summed E-state index contributed by atoms with van der Waals surface area (Å²) in [5.74, 6) is 0.0970. The highest BCUT2D eigenvalue weighted by Gasteiger charge is 2.10. The lowest BCUT2D eigenvalue weighted by atomic mass is 10.2. The Kier molecular flexibility index (Phi) is 4.37. The maximum atomic E-state index is 13.5. The molecule has 3 aromatic rings. The van der Waals surface area contributed by atoms with Gasteiger partial charge in [0, 0.05) is 20.0 Å². The zero-order valence-electron chi connectivity index (χ0n) is 12.9. The molecule has 118 valence electrons. The average molecular weight is 311 g/mol. The molecule has 0 bridgehead atoms. The van der Waals surface area contributed by atoms with Crippen molar-refractivity contribution in [2.45, 2.75) is 12.8 Å². The minimum atomic E-state index is -0.500. The van der Waals surface area contributed by atoms with Gasteiger partial charge in [-0.1, -0.05) is 24.3 Å². The molecule has 23 heavy (non-hydrogen) atoms. The van der Waals surface area contributed by atoms with Gasteiger partial charge in [0.2, 0.25) is 0 Å². The Bertz CT molecular complexity index is 841. The molecule has 1 N–H and O–H groups in total. The molecule has 1 amide bonds. The Morgan fingerprint density at radius 1 is 1.17 bits per heavy atom. The summed E-state index contributed by atoms with van der Waals surface area (Å²) in [4.78, 5) is 16.5. The van der Waals surface area contributed by atoms with Crippen molar-refractivity contribution in [1.82, 2.24) is 14.9 Å². The summed E-state index contributed by atoms with van der Waals surface area (Å²) in [6.07, 6.45) is 1.50. The highest BCUT2D eigenvalue weighted by molar-refractivity contribution is 5.94. The summed E-state index contributed by atoms with van der Waals surface area (Å²) in [6.45, 7) is 0.483. The minimum absolute atomic E-state index is 0.0789. The third-order valence-corrected chi connectivity index (χ3v) is 3.86. The number of imidazole rings is 1. The molecule has 1 aromatic heterocycles. The molecule has 5 heteroatoms. The predicted molar refractivity (Wildman–Crippen MR) is 87.8 cm³/mol. The molecule has 0 atom stereocenters. The van der Waals surface area contributed by atoms with Crippen LogP contribution < -0.4 is 5.32 Å². The highest BCUT2D eigenvalue weighted by atomic mass is 19.1. The number of nitrogens with zero attached hydrogens (tertiary/aromatic N) is 2. The summed E-state index contributed by atoms with van der Waals surface area (Å²) in [5, 5.41) is 2.75. The molecule has 1 heterocycles. The first-order valence-electron chi connectivity index (χ1n) is 7.60. The Labute approximate surface area is 134 Å². The Hall–Kier alpha value is -2.69. The second-order valence-corrected chi connectivity index (χ2v) is 5.42. The molecule has 0 aliphatic heterocycles. The van der Waals surface area contributed by atoms with Crippen molar-refractivity contribution in [3.05, 3.63) is 65.7 Å². The van der Waals surface area contributed by atoms with Gasteiger partial charge in [-0.05, 0) is 30.7 Å². The molecule has 0 radical (unpaired) electrons. The fourth-order valence-electron chi connectivity index (χ4n) is 2.61. The van der Waals surface area contributed by atoms with Gasteiger partial charge < -0.3 is 9.88 Å². The lowest BCUT2D eigenvalue weighted by Crippen LogP contribution is -2.25. The number of aryl methyl sites for hydroxylation is 2. The normalized spacial score (nSPS) is 10.9. The number of amides is 1. The van der Waals surface area contributed by atoms with Gasteiger partial charge in [-0.25, -0.2) is 9.37 Å². The molecule has 0 aliphatic carbocycles. The van der Waals surface area contributed by atoms with Gasteiger partial charge in [0.25, 0.3) is 5.91 Å². The SMILES string of the molecule is Cn1c(CCCNC(=O)c2ccccc2F)nc2ccccc21. The lowest BCUT2D eigenvalue weighted by molar-refractivity contribution is 0.0949. The van der Waals surface area contributed by atoms with Crippen LogP contribution in [-0.2, 0) is 13.5 Å². The zero-order chi connectivity index (χ0) is 16.2. The van der Waals surface area contributed by atoms with Gasteiger partial charge >= 0.3 is 0 Å². The van der Waals surface area contributed by atoms with Crippen LogP contribution in [0.5, 0.6) is 0 Å². The van der Waals surface area contributed by atoms with Crippen molar-refractivity contribution in [3.8, 4) is 0 Å². The molecule has 0 fully saturated rings. The highest BCUT2D eigenvalue weighted by Crippen LogP contribution is 2.15. The first kappa shape index (κ1) is 15.2. The maximum absolute atomic E-state index is 13.5. The van der Waals surface area contributed by atoms with E-state index in [-0.39, 0.29) is 11.5 Å². The zero-order valence-corrected chi connectivity index (χ0v) is 12.9. The van der Waals surface area contributed by atoms with Crippen LogP contribution in [0.15, 0.2) is 48.5 Å². The first-order valence-corrected chi connectivity index (χ1v) is 7.60. The monoisotopic (exact) mass is 311 g/mol. The molecule has 0 unspecified atom stereocenters. The number of hydrogen-bond donors (Lipinski definition) is 1. The van der Waals surface area contributed by atoms with Crippen LogP contribution in [-0.4, -0.2) is 22.0 Å². The number of benzene rings is 2. The van der Waals surface area contributed by atoms with Crippen molar-refractivity contribution in [1.29, 1.82) is 0 Å². The van der Waals surface area contributed by atoms with Crippen LogP contribution in [0.3, 0.4) is 0 Å². The summed E-state index contributed by atoms with van der Waals surface area (Å²) in [7, 11) is 1.99. The van der Waals surface area contributed by atoms with E-state index in [2.05, 4.69) is 14.9 Å². The topological polar surface area (TPSA) is 46.9 Å². The third kappa shape index (κ3) is 3.23. The van der Waals surface area contributed by atoms with E-state index in [4.69, 9.17) is 0 Å². The largest absolute Gasteiger partial charge is 0.352 e. The number of nitrogens with one attached hydrogen (secondary N) is 1. The van der Waals surface area contributed by atoms with Gasteiger partial charge in [-0.3, -0.25) is 4.79 Å². The van der Waals surface area contributed by atoms with E-state index < -0.39 is 5.82 Å². The predicted octanol–water partition coefficient (Wildman–Crippen LogP) is 3.08. The van der Waals surface area contributed by atoms with Gasteiger partial charge in [0.15, 0.2) is 0 Å². The number of fused-ring (bicyclic) bond motifs is 1. The van der Waals surface area contributed by atoms with Crippen molar-refractivity contribution in [3.63, 3.8) is 0 Å². The quantitative estimate of drug-likeness (QED) is 0.736. The van der Waals surface area contributed by atoms with Gasteiger partial charge in [-0.15, -0.1) is 0 Å². The number of para-hydroxylation sites is 2. The van der Waals surface area contributed by atoms with Crippen LogP contribution in [0.1, 0.15) is 22.6 Å². The fraction of sp³-hybridized carbons (Fsp3) is 0.222. The van der Waals surface area contributed by atoms with Crippen molar-refractivity contribution in [2.24, 2.45) is 7.05 Å². The summed E-state index contributed by atoms with van der Waals surface area (Å²) >= 11 is 0. The molecule has 0 spiro atoms. The number of rotatable bonds is 5. The van der Waals surface area contributed by atoms with Gasteiger partial charge in [0.05, 0.1) is 16.6 Å². The number of carbonyl (C=O) groups excluding carboxylic acids is 1. The minimum Gasteiger partial charge on any atom is -0.352 e. The molecule has 3 rings (SSSR count). The van der Waals surface area contributed by atoms with Crippen LogP contribution >= 0.6 is 0 Å². The van der Waals surface area contributed by atoms with Crippen molar-refractivity contribution < 1.29 is 9.18 Å². The molecule has 0 saturated carbocycles. The molecular weight excluding hydrogens is 293 g/mol. The summed E-state index contributed by atoms with van der Waals surface area (Å²) < 4.78 is 15.6. The average Bonchev–Trinajstić information content (AvgIpc) is 2.88. The smallest absolute Gasteiger partial charge is 0.254 e. The summed E-state index contributed by atoms with van der Waals surface area (Å²) in [5.41, 5.74) is 2.15. The summed E-state index contributed by atoms with van der Waals surface area (Å²) in [6, 6.07) is 14.0. The second kappa shape index (κ2) is 6.60.